The molecule has 0 bridgehead atoms. The summed E-state index contributed by atoms with van der Waals surface area (Å²) in [5.41, 5.74) is 7.00. The van der Waals surface area contributed by atoms with Gasteiger partial charge in [-0.3, -0.25) is 0 Å². The molecule has 8 rings (SSSR count). The van der Waals surface area contributed by atoms with Crippen LogP contribution in [-0.4, -0.2) is 0 Å². The summed E-state index contributed by atoms with van der Waals surface area (Å²) in [5.74, 6) is 0.979. The number of nitrogens with zero attached hydrogens (tertiary/aromatic N) is 2. The molecule has 2 aliphatic rings. The monoisotopic (exact) mass is 662 g/mol. The molecule has 0 spiro atoms. The van der Waals surface area contributed by atoms with Crippen LogP contribution in [0.2, 0.25) is 0 Å². The van der Waals surface area contributed by atoms with Crippen LogP contribution in [0.4, 0.5) is 34.1 Å². The third-order valence-electron chi connectivity index (χ3n) is 10.5. The Hall–Kier alpha value is -5.08. The van der Waals surface area contributed by atoms with E-state index in [2.05, 4.69) is 24.3 Å². The molecule has 0 unspecified atom stereocenters. The van der Waals surface area contributed by atoms with Gasteiger partial charge in [-0.2, -0.15) is 0 Å². The standard InChI is InChI=1S/C48H48N2/c1-5-13-37(14-6-1)39-21-29-45(30-22-39)49(43-17-9-3-10-18-43)47-33-25-41(26-34-47)42-27-35-48(36-28-42)50(44-19-11-4-12-20-44)46-31-23-40(24-32-46)38-15-7-2-8-16-38/h3-4,9-12,17-38H,1-2,5-8,13-16H2/i3D,4D,9D,10D,11D,12D,17D,18D,19D,20D. The van der Waals surface area contributed by atoms with E-state index in [1.54, 1.807) is 9.80 Å². The van der Waals surface area contributed by atoms with Crippen molar-refractivity contribution in [3.63, 3.8) is 0 Å². The third kappa shape index (κ3) is 7.12. The highest BCUT2D eigenvalue weighted by molar-refractivity contribution is 5.80. The molecule has 0 atom stereocenters. The van der Waals surface area contributed by atoms with Crippen LogP contribution < -0.4 is 9.80 Å². The molecule has 0 aliphatic heterocycles. The van der Waals surface area contributed by atoms with Gasteiger partial charge in [-0.05, 0) is 132 Å². The molecule has 50 heavy (non-hydrogen) atoms. The first kappa shape index (κ1) is 22.6. The molecular weight excluding hydrogens is 605 g/mol. The lowest BCUT2D eigenvalue weighted by Crippen LogP contribution is -2.10. The fourth-order valence-corrected chi connectivity index (χ4v) is 7.79. The van der Waals surface area contributed by atoms with Crippen molar-refractivity contribution >= 4 is 34.1 Å². The fraction of sp³-hybridized carbons (Fsp3) is 0.250. The zero-order valence-electron chi connectivity index (χ0n) is 38.4. The Balaban J connectivity index is 1.15. The van der Waals surface area contributed by atoms with Crippen LogP contribution in [0, 0.1) is 0 Å². The minimum Gasteiger partial charge on any atom is -0.311 e. The maximum atomic E-state index is 8.87. The molecule has 2 heteroatoms. The summed E-state index contributed by atoms with van der Waals surface area (Å²) >= 11 is 0. The third-order valence-corrected chi connectivity index (χ3v) is 10.5. The van der Waals surface area contributed by atoms with E-state index in [-0.39, 0.29) is 35.5 Å². The number of hydrogen-bond donors (Lipinski definition) is 0. The van der Waals surface area contributed by atoms with E-state index >= 15 is 0 Å². The van der Waals surface area contributed by atoms with Crippen LogP contribution in [0.15, 0.2) is 157 Å². The van der Waals surface area contributed by atoms with Gasteiger partial charge in [-0.15, -0.1) is 0 Å². The van der Waals surface area contributed by atoms with Crippen molar-refractivity contribution in [3.05, 3.63) is 169 Å². The fourth-order valence-electron chi connectivity index (χ4n) is 7.79. The predicted octanol–water partition coefficient (Wildman–Crippen LogP) is 14.4. The summed E-state index contributed by atoms with van der Waals surface area (Å²) in [5, 5.41) is 0. The minimum atomic E-state index is -0.443. The second-order valence-electron chi connectivity index (χ2n) is 13.6. The van der Waals surface area contributed by atoms with Gasteiger partial charge in [0.1, 0.15) is 0 Å². The van der Waals surface area contributed by atoms with Crippen molar-refractivity contribution in [2.24, 2.45) is 0 Å². The van der Waals surface area contributed by atoms with E-state index in [0.29, 0.717) is 34.6 Å². The predicted molar refractivity (Wildman–Crippen MR) is 213 cm³/mol. The molecule has 2 fully saturated rings. The molecule has 6 aromatic rings. The summed E-state index contributed by atoms with van der Waals surface area (Å²) in [6.07, 6.45) is 11.9. The Bertz CT molecular complexity index is 2260. The van der Waals surface area contributed by atoms with Gasteiger partial charge >= 0.3 is 0 Å². The van der Waals surface area contributed by atoms with Crippen molar-refractivity contribution in [3.8, 4) is 11.1 Å². The summed E-state index contributed by atoms with van der Waals surface area (Å²) in [4.78, 5) is 3.46. The summed E-state index contributed by atoms with van der Waals surface area (Å²) in [6.45, 7) is 0. The van der Waals surface area contributed by atoms with Crippen LogP contribution >= 0.6 is 0 Å². The van der Waals surface area contributed by atoms with Crippen LogP contribution in [0.5, 0.6) is 0 Å². The molecule has 0 N–H and O–H groups in total. The van der Waals surface area contributed by atoms with Gasteiger partial charge in [0, 0.05) is 34.1 Å². The topological polar surface area (TPSA) is 6.48 Å². The van der Waals surface area contributed by atoms with Crippen molar-refractivity contribution < 1.29 is 13.7 Å². The van der Waals surface area contributed by atoms with Crippen molar-refractivity contribution in [2.45, 2.75) is 76.0 Å². The van der Waals surface area contributed by atoms with E-state index < -0.39 is 36.3 Å². The summed E-state index contributed by atoms with van der Waals surface area (Å²) < 4.78 is 85.7. The van der Waals surface area contributed by atoms with E-state index in [1.807, 2.05) is 72.8 Å². The Labute approximate surface area is 313 Å². The quantitative estimate of drug-likeness (QED) is 0.152. The van der Waals surface area contributed by atoms with Gasteiger partial charge in [0.2, 0.25) is 0 Å². The van der Waals surface area contributed by atoms with Gasteiger partial charge < -0.3 is 9.80 Å². The number of anilines is 6. The maximum absolute atomic E-state index is 8.87. The van der Waals surface area contributed by atoms with Gasteiger partial charge in [0.25, 0.3) is 0 Å². The van der Waals surface area contributed by atoms with E-state index in [0.717, 1.165) is 36.8 Å². The van der Waals surface area contributed by atoms with Crippen LogP contribution in [0.3, 0.4) is 0 Å². The molecule has 6 aromatic carbocycles. The molecule has 2 aliphatic carbocycles. The molecular formula is C48H48N2. The normalized spacial score (nSPS) is 18.2. The van der Waals surface area contributed by atoms with Crippen LogP contribution in [0.1, 0.15) is 101 Å². The van der Waals surface area contributed by atoms with Gasteiger partial charge in [-0.1, -0.05) is 123 Å². The van der Waals surface area contributed by atoms with Crippen molar-refractivity contribution in [1.82, 2.24) is 0 Å². The molecule has 2 saturated carbocycles. The molecule has 0 saturated heterocycles. The number of rotatable bonds is 9. The minimum absolute atomic E-state index is 0.0723. The molecule has 250 valence electrons. The largest absolute Gasteiger partial charge is 0.311 e. The molecule has 0 amide bonds. The van der Waals surface area contributed by atoms with E-state index in [9.17, 15) is 0 Å². The maximum Gasteiger partial charge on any atom is 0.0645 e. The highest BCUT2D eigenvalue weighted by atomic mass is 15.1. The van der Waals surface area contributed by atoms with E-state index in [4.69, 9.17) is 13.7 Å². The average molecular weight is 663 g/mol. The van der Waals surface area contributed by atoms with Crippen molar-refractivity contribution in [1.29, 1.82) is 0 Å². The Morgan fingerprint density at radius 1 is 0.340 bits per heavy atom. The first-order valence-corrected chi connectivity index (χ1v) is 18.1. The lowest BCUT2D eigenvalue weighted by Gasteiger charge is -2.27. The Morgan fingerprint density at radius 3 is 0.960 bits per heavy atom. The van der Waals surface area contributed by atoms with Gasteiger partial charge in [0.15, 0.2) is 0 Å². The smallest absolute Gasteiger partial charge is 0.0645 e. The highest BCUT2D eigenvalue weighted by Gasteiger charge is 2.19. The molecule has 0 aromatic heterocycles. The van der Waals surface area contributed by atoms with Crippen LogP contribution in [-0.2, 0) is 0 Å². The van der Waals surface area contributed by atoms with Gasteiger partial charge in [0.05, 0.1) is 13.7 Å². The van der Waals surface area contributed by atoms with Crippen molar-refractivity contribution in [2.75, 3.05) is 9.80 Å². The molecule has 0 heterocycles. The number of para-hydroxylation sites is 2. The zero-order valence-corrected chi connectivity index (χ0v) is 28.4. The second-order valence-corrected chi connectivity index (χ2v) is 13.6. The number of benzene rings is 6. The Morgan fingerprint density at radius 2 is 0.640 bits per heavy atom. The summed E-state index contributed by atoms with van der Waals surface area (Å²) in [6, 6.07) is 27.9. The lowest BCUT2D eigenvalue weighted by atomic mass is 9.84. The van der Waals surface area contributed by atoms with Gasteiger partial charge in [-0.25, -0.2) is 0 Å². The zero-order chi connectivity index (χ0) is 42.2. The average Bonchev–Trinajstić information content (AvgIpc) is 3.30. The number of hydrogen-bond acceptors (Lipinski definition) is 2. The SMILES string of the molecule is [2H]c1c([2H])c([2H])c(N(c2ccc(-c3ccc(N(c4ccc(C5CCCCC5)cc4)c4c([2H])c([2H])c([2H])c([2H])c4[2H])cc3)cc2)c2ccc(C3CCCCC3)cc2)c([2H])c1[2H]. The molecule has 2 nitrogen and oxygen atoms in total. The first-order chi connectivity index (χ1) is 28.9. The first-order valence-electron chi connectivity index (χ1n) is 23.1. The van der Waals surface area contributed by atoms with Crippen LogP contribution in [0.25, 0.3) is 11.1 Å². The Kier molecular flexibility index (Phi) is 6.88. The lowest BCUT2D eigenvalue weighted by molar-refractivity contribution is 0.443. The summed E-state index contributed by atoms with van der Waals surface area (Å²) in [7, 11) is 0. The van der Waals surface area contributed by atoms with E-state index in [1.165, 1.54) is 49.7 Å². The highest BCUT2D eigenvalue weighted by Crippen LogP contribution is 2.40. The molecule has 0 radical (unpaired) electrons. The second kappa shape index (κ2) is 15.2.